The molecule has 1 fully saturated rings. The van der Waals surface area contributed by atoms with Crippen molar-refractivity contribution in [1.82, 2.24) is 4.90 Å². The third-order valence-electron chi connectivity index (χ3n) is 3.13. The van der Waals surface area contributed by atoms with E-state index in [1.807, 2.05) is 0 Å². The van der Waals surface area contributed by atoms with E-state index in [0.717, 1.165) is 0 Å². The highest BCUT2D eigenvalue weighted by molar-refractivity contribution is 5.81. The van der Waals surface area contributed by atoms with Crippen LogP contribution in [0.3, 0.4) is 0 Å². The number of hydrogen-bond acceptors (Lipinski definition) is 4. The number of nitrogens with zero attached hydrogens (tertiary/aromatic N) is 1. The molecule has 1 heterocycles. The van der Waals surface area contributed by atoms with Crippen molar-refractivity contribution in [2.45, 2.75) is 19.1 Å². The lowest BCUT2D eigenvalue weighted by Crippen LogP contribution is -2.50. The predicted octanol–water partition coefficient (Wildman–Crippen LogP) is 0.813. The van der Waals surface area contributed by atoms with E-state index < -0.39 is 6.10 Å². The average Bonchev–Trinajstić information content (AvgIpc) is 2.48. The highest BCUT2D eigenvalue weighted by Crippen LogP contribution is 2.15. The van der Waals surface area contributed by atoms with E-state index in [-0.39, 0.29) is 24.4 Å². The number of aliphatic hydroxyl groups excluding tert-OH is 1. The van der Waals surface area contributed by atoms with Crippen LogP contribution in [-0.2, 0) is 9.53 Å². The first kappa shape index (κ1) is 14.7. The van der Waals surface area contributed by atoms with E-state index in [2.05, 4.69) is 0 Å². The van der Waals surface area contributed by atoms with E-state index >= 15 is 0 Å². The molecule has 0 aromatic heterocycles. The number of carbonyl (C=O) groups excluding carboxylic acids is 1. The molecule has 0 spiro atoms. The first-order chi connectivity index (χ1) is 9.60. The third-order valence-corrected chi connectivity index (χ3v) is 3.13. The fourth-order valence-corrected chi connectivity index (χ4v) is 2.05. The van der Waals surface area contributed by atoms with Gasteiger partial charge in [0.15, 0.2) is 6.10 Å². The molecule has 5 nitrogen and oxygen atoms in total. The molecule has 110 valence electrons. The fraction of sp³-hybridized carbons (Fsp3) is 0.500. The van der Waals surface area contributed by atoms with Crippen LogP contribution in [0, 0.1) is 5.82 Å². The second kappa shape index (κ2) is 6.67. The number of hydrogen-bond donors (Lipinski definition) is 1. The van der Waals surface area contributed by atoms with Crippen molar-refractivity contribution in [2.75, 3.05) is 26.3 Å². The predicted molar refractivity (Wildman–Crippen MR) is 69.9 cm³/mol. The number of rotatable bonds is 4. The summed E-state index contributed by atoms with van der Waals surface area (Å²) in [6.07, 6.45) is -1.01. The topological polar surface area (TPSA) is 59.0 Å². The van der Waals surface area contributed by atoms with Crippen LogP contribution in [0.4, 0.5) is 4.39 Å². The minimum atomic E-state index is -0.669. The largest absolute Gasteiger partial charge is 0.481 e. The number of benzene rings is 1. The van der Waals surface area contributed by atoms with E-state index in [1.165, 1.54) is 24.3 Å². The third kappa shape index (κ3) is 3.68. The Kier molecular flexibility index (Phi) is 4.92. The van der Waals surface area contributed by atoms with Gasteiger partial charge in [0.25, 0.3) is 5.91 Å². The van der Waals surface area contributed by atoms with E-state index in [0.29, 0.717) is 25.4 Å². The van der Waals surface area contributed by atoms with Crippen molar-refractivity contribution in [2.24, 2.45) is 0 Å². The number of aliphatic hydroxyl groups is 1. The summed E-state index contributed by atoms with van der Waals surface area (Å²) in [5, 5.41) is 9.06. The van der Waals surface area contributed by atoms with E-state index in [1.54, 1.807) is 11.8 Å². The molecule has 1 N–H and O–H groups in total. The summed E-state index contributed by atoms with van der Waals surface area (Å²) in [6.45, 7) is 2.77. The second-order valence-electron chi connectivity index (χ2n) is 4.67. The normalized spacial score (nSPS) is 20.6. The Balaban J connectivity index is 1.92. The zero-order chi connectivity index (χ0) is 14.5. The molecule has 1 saturated heterocycles. The van der Waals surface area contributed by atoms with Gasteiger partial charge in [-0.1, -0.05) is 0 Å². The lowest BCUT2D eigenvalue weighted by atomic mass is 10.2. The Hall–Kier alpha value is -1.66. The van der Waals surface area contributed by atoms with Crippen LogP contribution in [0.5, 0.6) is 5.75 Å². The Labute approximate surface area is 116 Å². The van der Waals surface area contributed by atoms with Gasteiger partial charge in [-0.3, -0.25) is 4.79 Å². The summed E-state index contributed by atoms with van der Waals surface area (Å²) < 4.78 is 23.6. The Morgan fingerprint density at radius 3 is 2.90 bits per heavy atom. The minimum Gasteiger partial charge on any atom is -0.481 e. The van der Waals surface area contributed by atoms with Crippen molar-refractivity contribution in [3.8, 4) is 5.75 Å². The quantitative estimate of drug-likeness (QED) is 0.888. The van der Waals surface area contributed by atoms with Gasteiger partial charge in [-0.2, -0.15) is 0 Å². The molecule has 1 aromatic carbocycles. The fourth-order valence-electron chi connectivity index (χ4n) is 2.05. The Bertz CT molecular complexity index is 451. The molecular weight excluding hydrogens is 265 g/mol. The van der Waals surface area contributed by atoms with E-state index in [4.69, 9.17) is 14.6 Å². The molecule has 1 aliphatic rings. The van der Waals surface area contributed by atoms with Crippen LogP contribution in [-0.4, -0.2) is 54.4 Å². The number of halogens is 1. The van der Waals surface area contributed by atoms with Crippen LogP contribution in [0.1, 0.15) is 6.92 Å². The monoisotopic (exact) mass is 283 g/mol. The lowest BCUT2D eigenvalue weighted by Gasteiger charge is -2.33. The molecular formula is C14H18FNO4. The van der Waals surface area contributed by atoms with Crippen molar-refractivity contribution < 1.29 is 23.8 Å². The van der Waals surface area contributed by atoms with E-state index in [9.17, 15) is 9.18 Å². The highest BCUT2D eigenvalue weighted by atomic mass is 19.1. The van der Waals surface area contributed by atoms with Gasteiger partial charge in [0.2, 0.25) is 0 Å². The van der Waals surface area contributed by atoms with Crippen LogP contribution in [0.2, 0.25) is 0 Å². The number of carbonyl (C=O) groups is 1. The lowest BCUT2D eigenvalue weighted by molar-refractivity contribution is -0.146. The van der Waals surface area contributed by atoms with Gasteiger partial charge in [-0.15, -0.1) is 0 Å². The van der Waals surface area contributed by atoms with Crippen molar-refractivity contribution >= 4 is 5.91 Å². The summed E-state index contributed by atoms with van der Waals surface area (Å²) in [7, 11) is 0. The molecule has 0 saturated carbocycles. The van der Waals surface area contributed by atoms with Crippen LogP contribution < -0.4 is 4.74 Å². The van der Waals surface area contributed by atoms with Crippen LogP contribution in [0.25, 0.3) is 0 Å². The maximum Gasteiger partial charge on any atom is 0.263 e. The van der Waals surface area contributed by atoms with Crippen molar-refractivity contribution in [3.05, 3.63) is 30.1 Å². The molecule has 2 rings (SSSR count). The first-order valence-electron chi connectivity index (χ1n) is 6.53. The van der Waals surface area contributed by atoms with Crippen molar-refractivity contribution in [3.63, 3.8) is 0 Å². The van der Waals surface area contributed by atoms with Crippen LogP contribution >= 0.6 is 0 Å². The smallest absolute Gasteiger partial charge is 0.263 e. The van der Waals surface area contributed by atoms with Crippen LogP contribution in [0.15, 0.2) is 24.3 Å². The van der Waals surface area contributed by atoms with Crippen molar-refractivity contribution in [1.29, 1.82) is 0 Å². The zero-order valence-electron chi connectivity index (χ0n) is 11.3. The number of morpholine rings is 1. The molecule has 1 aliphatic heterocycles. The Morgan fingerprint density at radius 1 is 1.55 bits per heavy atom. The Morgan fingerprint density at radius 2 is 2.25 bits per heavy atom. The molecule has 20 heavy (non-hydrogen) atoms. The van der Waals surface area contributed by atoms with Gasteiger partial charge >= 0.3 is 0 Å². The molecule has 1 amide bonds. The maximum atomic E-state index is 12.8. The van der Waals surface area contributed by atoms with Gasteiger partial charge in [-0.25, -0.2) is 4.39 Å². The zero-order valence-corrected chi connectivity index (χ0v) is 11.3. The molecule has 0 bridgehead atoms. The average molecular weight is 283 g/mol. The summed E-state index contributed by atoms with van der Waals surface area (Å²) in [6, 6.07) is 5.52. The summed E-state index contributed by atoms with van der Waals surface area (Å²) >= 11 is 0. The van der Waals surface area contributed by atoms with Gasteiger partial charge < -0.3 is 19.5 Å². The molecule has 2 unspecified atom stereocenters. The molecule has 1 aromatic rings. The summed E-state index contributed by atoms with van der Waals surface area (Å²) in [5.74, 6) is -0.0782. The van der Waals surface area contributed by atoms with Gasteiger partial charge in [0.05, 0.1) is 19.3 Å². The SMILES string of the molecule is CC(Oc1ccc(F)cc1)C(=O)N1CCOC(CO)C1. The van der Waals surface area contributed by atoms with Gasteiger partial charge in [0, 0.05) is 13.1 Å². The second-order valence-corrected chi connectivity index (χ2v) is 4.67. The maximum absolute atomic E-state index is 12.8. The molecule has 0 radical (unpaired) electrons. The first-order valence-corrected chi connectivity index (χ1v) is 6.53. The highest BCUT2D eigenvalue weighted by Gasteiger charge is 2.27. The van der Waals surface area contributed by atoms with Gasteiger partial charge in [-0.05, 0) is 31.2 Å². The van der Waals surface area contributed by atoms with Gasteiger partial charge in [0.1, 0.15) is 11.6 Å². The molecule has 0 aliphatic carbocycles. The number of amides is 1. The standard InChI is InChI=1S/C14H18FNO4/c1-10(20-12-4-2-11(15)3-5-12)14(18)16-6-7-19-13(8-16)9-17/h2-5,10,13,17H,6-9H2,1H3. The molecule has 6 heteroatoms. The summed E-state index contributed by atoms with van der Waals surface area (Å²) in [4.78, 5) is 13.8. The minimum absolute atomic E-state index is 0.114. The number of ether oxygens (including phenoxy) is 2. The molecule has 2 atom stereocenters. The summed E-state index contributed by atoms with van der Waals surface area (Å²) in [5.41, 5.74) is 0.